The Morgan fingerprint density at radius 1 is 0.588 bits per heavy atom. The van der Waals surface area contributed by atoms with Gasteiger partial charge in [-0.05, 0) is 49.2 Å². The maximum atomic E-state index is 13.1. The van der Waals surface area contributed by atoms with Crippen LogP contribution in [0.15, 0.2) is 22.8 Å². The Balaban J connectivity index is 1.44. The average molecular weight is 466 g/mol. The molecular formula is C25H27N3O6. The van der Waals surface area contributed by atoms with Gasteiger partial charge in [-0.2, -0.15) is 0 Å². The largest absolute Gasteiger partial charge is 0.285 e. The van der Waals surface area contributed by atoms with Crippen molar-refractivity contribution in [1.82, 2.24) is 14.7 Å². The number of allylic oxidation sites excluding steroid dienone is 4. The summed E-state index contributed by atoms with van der Waals surface area (Å²) < 4.78 is 0. The molecule has 0 aromatic carbocycles. The number of nitrogens with zero attached hydrogens (tertiary/aromatic N) is 3. The predicted octanol–water partition coefficient (Wildman–Crippen LogP) is 0.510. The third kappa shape index (κ3) is 2.55. The fraction of sp³-hybridized carbons (Fsp3) is 0.600. The van der Waals surface area contributed by atoms with Crippen molar-refractivity contribution in [2.45, 2.75) is 32.1 Å². The highest BCUT2D eigenvalue weighted by Crippen LogP contribution is 2.56. The standard InChI is InChI=1S/C25H27N3O6/c1-26-20(29)11-5-4-10(6-15(11)21(26)30)12-7-18-19(25(34)28(3)24(18)33)14-9-17-16(8-13(12)14)22(31)27(2)23(17)32/h4,11,14-19H,5-9H2,1-3H3/t11-,14+,15+,16-,17+,18-,19+/m1/s1. The zero-order valence-corrected chi connectivity index (χ0v) is 19.4. The van der Waals surface area contributed by atoms with E-state index in [9.17, 15) is 28.8 Å². The van der Waals surface area contributed by atoms with Crippen LogP contribution < -0.4 is 0 Å². The molecule has 6 aliphatic rings. The Morgan fingerprint density at radius 2 is 1.12 bits per heavy atom. The van der Waals surface area contributed by atoms with Crippen LogP contribution in [0.3, 0.4) is 0 Å². The number of likely N-dealkylation sites (tertiary alicyclic amines) is 3. The first kappa shape index (κ1) is 21.4. The molecule has 0 aromatic heterocycles. The quantitative estimate of drug-likeness (QED) is 0.522. The van der Waals surface area contributed by atoms with Gasteiger partial charge in [0.1, 0.15) is 0 Å². The molecule has 3 saturated heterocycles. The average Bonchev–Trinajstić information content (AvgIpc) is 3.29. The first-order valence-electron chi connectivity index (χ1n) is 12.0. The molecule has 178 valence electrons. The van der Waals surface area contributed by atoms with Gasteiger partial charge in [-0.3, -0.25) is 43.5 Å². The van der Waals surface area contributed by atoms with Crippen LogP contribution in [0.1, 0.15) is 32.1 Å². The molecule has 0 bridgehead atoms. The zero-order valence-electron chi connectivity index (χ0n) is 19.4. The van der Waals surface area contributed by atoms with Crippen LogP contribution in [0, 0.1) is 41.4 Å². The molecule has 4 fully saturated rings. The molecule has 3 heterocycles. The van der Waals surface area contributed by atoms with Gasteiger partial charge in [0.25, 0.3) is 0 Å². The highest BCUT2D eigenvalue weighted by molar-refractivity contribution is 6.07. The van der Waals surface area contributed by atoms with Gasteiger partial charge in [-0.1, -0.05) is 11.6 Å². The van der Waals surface area contributed by atoms with Crippen LogP contribution in [0.4, 0.5) is 0 Å². The van der Waals surface area contributed by atoms with Crippen molar-refractivity contribution in [3.8, 4) is 0 Å². The zero-order chi connectivity index (χ0) is 24.2. The number of hydrogen-bond acceptors (Lipinski definition) is 6. The number of carbonyl (C=O) groups excluding carboxylic acids is 6. The van der Waals surface area contributed by atoms with Crippen LogP contribution in [0.5, 0.6) is 0 Å². The van der Waals surface area contributed by atoms with Crippen molar-refractivity contribution in [2.24, 2.45) is 41.4 Å². The molecule has 9 heteroatoms. The molecule has 9 nitrogen and oxygen atoms in total. The molecule has 0 aromatic rings. The SMILES string of the molecule is CN1C(=O)[C@@H]2[C@@H](CC(C3=CC[C@H]4C(=O)N(C)C(=O)[C@H]4C3)=C3C[C@H]4C(=O)N(C)C(=O)[C@H]4C[C@@H]32)C1=O. The number of carbonyl (C=O) groups is 6. The topological polar surface area (TPSA) is 112 Å². The molecule has 0 radical (unpaired) electrons. The summed E-state index contributed by atoms with van der Waals surface area (Å²) in [6.07, 6.45) is 4.06. The summed E-state index contributed by atoms with van der Waals surface area (Å²) in [5, 5.41) is 0. The molecule has 0 N–H and O–H groups in total. The smallest absolute Gasteiger partial charge is 0.233 e. The summed E-state index contributed by atoms with van der Waals surface area (Å²) in [6, 6.07) is 0. The maximum Gasteiger partial charge on any atom is 0.233 e. The Bertz CT molecular complexity index is 1170. The number of hydrogen-bond donors (Lipinski definition) is 0. The molecule has 0 spiro atoms. The van der Waals surface area contributed by atoms with Crippen LogP contribution in [-0.2, 0) is 28.8 Å². The molecule has 3 aliphatic heterocycles. The number of amides is 6. The van der Waals surface area contributed by atoms with Crippen molar-refractivity contribution in [3.63, 3.8) is 0 Å². The minimum atomic E-state index is -0.510. The third-order valence-electron chi connectivity index (χ3n) is 9.35. The van der Waals surface area contributed by atoms with Crippen molar-refractivity contribution in [1.29, 1.82) is 0 Å². The molecular weight excluding hydrogens is 438 g/mol. The van der Waals surface area contributed by atoms with Gasteiger partial charge in [-0.15, -0.1) is 0 Å². The van der Waals surface area contributed by atoms with E-state index in [4.69, 9.17) is 0 Å². The lowest BCUT2D eigenvalue weighted by atomic mass is 9.59. The van der Waals surface area contributed by atoms with Gasteiger partial charge in [-0.25, -0.2) is 0 Å². The van der Waals surface area contributed by atoms with E-state index in [1.807, 2.05) is 6.08 Å². The minimum absolute atomic E-state index is 0.152. The lowest BCUT2D eigenvalue weighted by Gasteiger charge is -2.42. The molecule has 6 amide bonds. The summed E-state index contributed by atoms with van der Waals surface area (Å²) in [6.45, 7) is 0. The van der Waals surface area contributed by atoms with Gasteiger partial charge >= 0.3 is 0 Å². The van der Waals surface area contributed by atoms with E-state index in [-0.39, 0.29) is 47.3 Å². The predicted molar refractivity (Wildman–Crippen MR) is 116 cm³/mol. The van der Waals surface area contributed by atoms with E-state index in [0.717, 1.165) is 16.7 Å². The van der Waals surface area contributed by atoms with Crippen LogP contribution in [0.25, 0.3) is 0 Å². The van der Waals surface area contributed by atoms with E-state index in [1.54, 1.807) is 0 Å². The number of fused-ring (bicyclic) bond motifs is 5. The van der Waals surface area contributed by atoms with E-state index in [1.165, 1.54) is 35.8 Å². The summed E-state index contributed by atoms with van der Waals surface area (Å²) >= 11 is 0. The normalized spacial score (nSPS) is 39.6. The summed E-state index contributed by atoms with van der Waals surface area (Å²) in [4.78, 5) is 80.4. The highest BCUT2D eigenvalue weighted by atomic mass is 16.2. The second kappa shape index (κ2) is 6.96. The first-order chi connectivity index (χ1) is 16.1. The number of imide groups is 3. The highest BCUT2D eigenvalue weighted by Gasteiger charge is 2.59. The van der Waals surface area contributed by atoms with Crippen molar-refractivity contribution in [3.05, 3.63) is 22.8 Å². The summed E-state index contributed by atoms with van der Waals surface area (Å²) in [5.74, 6) is -4.10. The second-order valence-electron chi connectivity index (χ2n) is 10.7. The third-order valence-corrected chi connectivity index (χ3v) is 9.35. The maximum absolute atomic E-state index is 13.1. The second-order valence-corrected chi connectivity index (χ2v) is 10.7. The van der Waals surface area contributed by atoms with E-state index < -0.39 is 29.6 Å². The molecule has 6 rings (SSSR count). The van der Waals surface area contributed by atoms with Crippen molar-refractivity contribution in [2.75, 3.05) is 21.1 Å². The Morgan fingerprint density at radius 3 is 1.79 bits per heavy atom. The molecule has 7 atom stereocenters. The molecule has 34 heavy (non-hydrogen) atoms. The van der Waals surface area contributed by atoms with Crippen LogP contribution in [-0.4, -0.2) is 71.3 Å². The van der Waals surface area contributed by atoms with Gasteiger partial charge < -0.3 is 0 Å². The molecule has 1 saturated carbocycles. The van der Waals surface area contributed by atoms with Gasteiger partial charge in [0.05, 0.1) is 35.5 Å². The Hall–Kier alpha value is -3.10. The van der Waals surface area contributed by atoms with Crippen molar-refractivity contribution >= 4 is 35.4 Å². The lowest BCUT2D eigenvalue weighted by molar-refractivity contribution is -0.140. The fourth-order valence-corrected chi connectivity index (χ4v) is 7.50. The van der Waals surface area contributed by atoms with Crippen LogP contribution in [0.2, 0.25) is 0 Å². The van der Waals surface area contributed by atoms with E-state index in [0.29, 0.717) is 32.1 Å². The summed E-state index contributed by atoms with van der Waals surface area (Å²) in [7, 11) is 4.53. The van der Waals surface area contributed by atoms with E-state index >= 15 is 0 Å². The van der Waals surface area contributed by atoms with Crippen molar-refractivity contribution < 1.29 is 28.8 Å². The van der Waals surface area contributed by atoms with Gasteiger partial charge in [0, 0.05) is 21.1 Å². The van der Waals surface area contributed by atoms with Gasteiger partial charge in [0.15, 0.2) is 0 Å². The molecule has 0 unspecified atom stereocenters. The fourth-order valence-electron chi connectivity index (χ4n) is 7.50. The van der Waals surface area contributed by atoms with E-state index in [2.05, 4.69) is 0 Å². The monoisotopic (exact) mass is 465 g/mol. The minimum Gasteiger partial charge on any atom is -0.285 e. The lowest BCUT2D eigenvalue weighted by Crippen LogP contribution is -2.40. The number of rotatable bonds is 1. The summed E-state index contributed by atoms with van der Waals surface area (Å²) in [5.41, 5.74) is 2.91. The Kier molecular flexibility index (Phi) is 4.39. The van der Waals surface area contributed by atoms with Crippen LogP contribution >= 0.6 is 0 Å². The molecule has 3 aliphatic carbocycles. The van der Waals surface area contributed by atoms with Gasteiger partial charge in [0.2, 0.25) is 35.4 Å². The Labute approximate surface area is 196 Å². The first-order valence-corrected chi connectivity index (χ1v) is 12.0.